The normalized spacial score (nSPS) is 14.2. The Kier molecular flexibility index (Phi) is 6.10. The molecule has 10 heteroatoms. The van der Waals surface area contributed by atoms with Crippen LogP contribution in [0, 0.1) is 5.92 Å². The summed E-state index contributed by atoms with van der Waals surface area (Å²) in [6, 6.07) is 3.14. The van der Waals surface area contributed by atoms with Crippen molar-refractivity contribution in [2.45, 2.75) is 32.7 Å². The zero-order chi connectivity index (χ0) is 21.0. The Hall–Kier alpha value is -3.43. The minimum atomic E-state index is -0.717. The summed E-state index contributed by atoms with van der Waals surface area (Å²) in [4.78, 5) is 38.5. The number of carbonyl (C=O) groups is 2. The summed E-state index contributed by atoms with van der Waals surface area (Å²) in [5, 5.41) is 6.01. The topological polar surface area (TPSA) is 152 Å². The van der Waals surface area contributed by atoms with Gasteiger partial charge in [0.05, 0.1) is 18.1 Å². The first-order valence-corrected chi connectivity index (χ1v) is 9.54. The Bertz CT molecular complexity index is 880. The molecule has 0 radical (unpaired) electrons. The van der Waals surface area contributed by atoms with Crippen LogP contribution in [-0.2, 0) is 4.79 Å². The van der Waals surface area contributed by atoms with Crippen LogP contribution in [-0.4, -0.2) is 45.9 Å². The van der Waals surface area contributed by atoms with Crippen molar-refractivity contribution in [3.63, 3.8) is 0 Å². The molecular formula is C19H26N8O2. The van der Waals surface area contributed by atoms with Crippen LogP contribution in [0.4, 0.5) is 23.1 Å². The highest BCUT2D eigenvalue weighted by atomic mass is 16.1. The molecule has 154 valence electrons. The van der Waals surface area contributed by atoms with Crippen LogP contribution in [0.15, 0.2) is 24.5 Å². The Morgan fingerprint density at radius 1 is 1.17 bits per heavy atom. The van der Waals surface area contributed by atoms with E-state index in [0.29, 0.717) is 17.9 Å². The second-order valence-corrected chi connectivity index (χ2v) is 7.42. The van der Waals surface area contributed by atoms with Crippen LogP contribution in [0.25, 0.3) is 0 Å². The van der Waals surface area contributed by atoms with Gasteiger partial charge in [0.15, 0.2) is 11.5 Å². The molecule has 1 fully saturated rings. The number of nitrogens with zero attached hydrogens (tertiary/aromatic N) is 4. The highest BCUT2D eigenvalue weighted by Crippen LogP contribution is 2.23. The van der Waals surface area contributed by atoms with E-state index in [9.17, 15) is 9.59 Å². The van der Waals surface area contributed by atoms with E-state index in [4.69, 9.17) is 11.5 Å². The molecule has 0 aliphatic carbocycles. The third kappa shape index (κ3) is 5.09. The third-order valence-electron chi connectivity index (χ3n) is 4.57. The number of aromatic nitrogens is 3. The van der Waals surface area contributed by atoms with Gasteiger partial charge in [-0.3, -0.25) is 9.59 Å². The van der Waals surface area contributed by atoms with E-state index < -0.39 is 17.9 Å². The van der Waals surface area contributed by atoms with Crippen LogP contribution in [0.3, 0.4) is 0 Å². The third-order valence-corrected chi connectivity index (χ3v) is 4.57. The lowest BCUT2D eigenvalue weighted by Gasteiger charge is -2.31. The van der Waals surface area contributed by atoms with Crippen LogP contribution < -0.4 is 27.0 Å². The van der Waals surface area contributed by atoms with Gasteiger partial charge in [0.2, 0.25) is 5.91 Å². The quantitative estimate of drug-likeness (QED) is 0.492. The maximum atomic E-state index is 11.8. The van der Waals surface area contributed by atoms with E-state index in [1.165, 1.54) is 12.6 Å². The number of nitrogens with one attached hydrogen (secondary N) is 2. The minimum Gasteiger partial charge on any atom is -0.368 e. The SMILES string of the molecule is CC(C)C[C@@H](Nc1cnc(C(N)=O)c(Nc2ccc(N3CCC3)nc2)n1)C(N)=O. The van der Waals surface area contributed by atoms with Gasteiger partial charge in [0, 0.05) is 13.1 Å². The van der Waals surface area contributed by atoms with Crippen LogP contribution in [0.1, 0.15) is 37.2 Å². The zero-order valence-corrected chi connectivity index (χ0v) is 16.6. The van der Waals surface area contributed by atoms with Crippen LogP contribution in [0.5, 0.6) is 0 Å². The molecule has 0 aromatic carbocycles. The van der Waals surface area contributed by atoms with Crippen molar-refractivity contribution in [3.05, 3.63) is 30.2 Å². The highest BCUT2D eigenvalue weighted by Gasteiger charge is 2.20. The second-order valence-electron chi connectivity index (χ2n) is 7.42. The fourth-order valence-electron chi connectivity index (χ4n) is 2.95. The van der Waals surface area contributed by atoms with Gasteiger partial charge >= 0.3 is 0 Å². The van der Waals surface area contributed by atoms with Gasteiger partial charge in [-0.1, -0.05) is 13.8 Å². The number of amides is 2. The molecule has 3 rings (SSSR count). The fourth-order valence-corrected chi connectivity index (χ4v) is 2.95. The molecule has 1 aliphatic rings. The van der Waals surface area contributed by atoms with E-state index in [1.807, 2.05) is 26.0 Å². The summed E-state index contributed by atoms with van der Waals surface area (Å²) in [5.74, 6) is 0.439. The highest BCUT2D eigenvalue weighted by molar-refractivity contribution is 5.96. The van der Waals surface area contributed by atoms with E-state index >= 15 is 0 Å². The van der Waals surface area contributed by atoms with E-state index in [1.54, 1.807) is 6.20 Å². The Labute approximate surface area is 169 Å². The summed E-state index contributed by atoms with van der Waals surface area (Å²) in [5.41, 5.74) is 11.5. The number of rotatable bonds is 9. The molecule has 0 saturated carbocycles. The van der Waals surface area contributed by atoms with Crippen molar-refractivity contribution in [1.82, 2.24) is 15.0 Å². The Balaban J connectivity index is 1.81. The predicted octanol–water partition coefficient (Wildman–Crippen LogP) is 1.24. The van der Waals surface area contributed by atoms with Crippen molar-refractivity contribution < 1.29 is 9.59 Å². The summed E-state index contributed by atoms with van der Waals surface area (Å²) < 4.78 is 0. The largest absolute Gasteiger partial charge is 0.368 e. The number of carbonyl (C=O) groups excluding carboxylic acids is 2. The number of anilines is 4. The fraction of sp³-hybridized carbons (Fsp3) is 0.421. The molecule has 1 aliphatic heterocycles. The number of primary amides is 2. The molecular weight excluding hydrogens is 372 g/mol. The smallest absolute Gasteiger partial charge is 0.271 e. The standard InChI is InChI=1S/C19H26N8O2/c1-11(2)8-13(17(20)28)25-14-10-23-16(18(21)29)19(26-14)24-12-4-5-15(22-9-12)27-6-3-7-27/h4-5,9-11,13H,3,6-8H2,1-2H3,(H2,20,28)(H2,21,29)(H2,24,25,26)/t13-/m1/s1. The van der Waals surface area contributed by atoms with Crippen molar-refractivity contribution in [2.24, 2.45) is 17.4 Å². The van der Waals surface area contributed by atoms with Crippen molar-refractivity contribution >= 4 is 35.0 Å². The summed E-state index contributed by atoms with van der Waals surface area (Å²) in [6.45, 7) is 5.98. The van der Waals surface area contributed by atoms with E-state index in [-0.39, 0.29) is 17.4 Å². The van der Waals surface area contributed by atoms with E-state index in [0.717, 1.165) is 18.9 Å². The van der Waals surface area contributed by atoms with Gasteiger partial charge in [-0.2, -0.15) is 0 Å². The summed E-state index contributed by atoms with van der Waals surface area (Å²) in [7, 11) is 0. The number of nitrogens with two attached hydrogens (primary N) is 2. The minimum absolute atomic E-state index is 0.0122. The lowest BCUT2D eigenvalue weighted by molar-refractivity contribution is -0.119. The molecule has 6 N–H and O–H groups in total. The lowest BCUT2D eigenvalue weighted by Crippen LogP contribution is -2.37. The molecule has 0 bridgehead atoms. The molecule has 10 nitrogen and oxygen atoms in total. The Morgan fingerprint density at radius 3 is 2.45 bits per heavy atom. The molecule has 2 aromatic heterocycles. The van der Waals surface area contributed by atoms with Gasteiger partial charge in [-0.25, -0.2) is 15.0 Å². The maximum absolute atomic E-state index is 11.8. The molecule has 0 spiro atoms. The zero-order valence-electron chi connectivity index (χ0n) is 16.6. The summed E-state index contributed by atoms with van der Waals surface area (Å²) in [6.07, 6.45) is 4.72. The number of hydrogen-bond donors (Lipinski definition) is 4. The van der Waals surface area contributed by atoms with E-state index in [2.05, 4.69) is 30.5 Å². The van der Waals surface area contributed by atoms with Crippen LogP contribution in [0.2, 0.25) is 0 Å². The Morgan fingerprint density at radius 2 is 1.93 bits per heavy atom. The van der Waals surface area contributed by atoms with Crippen molar-refractivity contribution in [3.8, 4) is 0 Å². The van der Waals surface area contributed by atoms with Gasteiger partial charge in [-0.05, 0) is 30.9 Å². The predicted molar refractivity (Wildman–Crippen MR) is 111 cm³/mol. The molecule has 1 saturated heterocycles. The number of hydrogen-bond acceptors (Lipinski definition) is 8. The average Bonchev–Trinajstić information content (AvgIpc) is 2.61. The van der Waals surface area contributed by atoms with Crippen LogP contribution >= 0.6 is 0 Å². The first-order valence-electron chi connectivity index (χ1n) is 9.54. The van der Waals surface area contributed by atoms with Crippen molar-refractivity contribution in [1.29, 1.82) is 0 Å². The molecule has 2 amide bonds. The van der Waals surface area contributed by atoms with Gasteiger partial charge in [0.25, 0.3) is 5.91 Å². The lowest BCUT2D eigenvalue weighted by atomic mass is 10.0. The molecule has 3 heterocycles. The summed E-state index contributed by atoms with van der Waals surface area (Å²) >= 11 is 0. The molecule has 0 unspecified atom stereocenters. The van der Waals surface area contributed by atoms with Gasteiger partial charge in [-0.15, -0.1) is 0 Å². The van der Waals surface area contributed by atoms with Gasteiger partial charge in [0.1, 0.15) is 17.7 Å². The number of pyridine rings is 1. The molecule has 2 aromatic rings. The first kappa shape index (κ1) is 20.3. The molecule has 1 atom stereocenters. The first-order chi connectivity index (χ1) is 13.8. The van der Waals surface area contributed by atoms with Crippen molar-refractivity contribution in [2.75, 3.05) is 28.6 Å². The molecule has 29 heavy (non-hydrogen) atoms. The van der Waals surface area contributed by atoms with Gasteiger partial charge < -0.3 is 27.0 Å². The average molecular weight is 398 g/mol. The maximum Gasteiger partial charge on any atom is 0.271 e. The monoisotopic (exact) mass is 398 g/mol. The second kappa shape index (κ2) is 8.72.